The zero-order chi connectivity index (χ0) is 22.8. The molecule has 0 aromatic carbocycles. The van der Waals surface area contributed by atoms with Crippen molar-refractivity contribution in [1.82, 2.24) is 34.7 Å². The van der Waals surface area contributed by atoms with Crippen molar-refractivity contribution in [3.63, 3.8) is 0 Å². The molecule has 4 rings (SSSR count). The molecule has 0 atom stereocenters. The van der Waals surface area contributed by atoms with Gasteiger partial charge in [-0.05, 0) is 27.7 Å². The van der Waals surface area contributed by atoms with Crippen LogP contribution in [0.3, 0.4) is 0 Å². The van der Waals surface area contributed by atoms with Gasteiger partial charge < -0.3 is 15.4 Å². The molecule has 2 N–H and O–H groups in total. The first-order valence-corrected chi connectivity index (χ1v) is 10.1. The second kappa shape index (κ2) is 8.58. The molecule has 0 aliphatic heterocycles. The number of hydrogen-bond acceptors (Lipinski definition) is 9. The maximum atomic E-state index is 5.68. The molecule has 0 saturated heterocycles. The van der Waals surface area contributed by atoms with E-state index in [0.29, 0.717) is 34.8 Å². The van der Waals surface area contributed by atoms with Crippen LogP contribution in [-0.2, 0) is 7.05 Å². The maximum Gasteiger partial charge on any atom is 0.174 e. The fourth-order valence-corrected chi connectivity index (χ4v) is 3.49. The summed E-state index contributed by atoms with van der Waals surface area (Å²) in [5.74, 6) is 3.73. The van der Waals surface area contributed by atoms with Gasteiger partial charge in [-0.2, -0.15) is 5.10 Å². The fourth-order valence-electron chi connectivity index (χ4n) is 3.49. The average molecular weight is 432 g/mol. The van der Waals surface area contributed by atoms with Gasteiger partial charge in [-0.25, -0.2) is 24.9 Å². The van der Waals surface area contributed by atoms with E-state index >= 15 is 0 Å². The van der Waals surface area contributed by atoms with E-state index in [9.17, 15) is 0 Å². The van der Waals surface area contributed by atoms with E-state index in [4.69, 9.17) is 4.74 Å². The number of anilines is 4. The van der Waals surface area contributed by atoms with Crippen LogP contribution in [0.5, 0.6) is 5.75 Å². The molecule has 0 bridgehead atoms. The Kier molecular flexibility index (Phi) is 5.67. The monoisotopic (exact) mass is 431 g/mol. The Morgan fingerprint density at radius 3 is 2.25 bits per heavy atom. The third kappa shape index (κ3) is 4.20. The molecule has 10 nitrogen and oxygen atoms in total. The summed E-state index contributed by atoms with van der Waals surface area (Å²) in [6, 6.07) is 3.64. The van der Waals surface area contributed by atoms with Crippen molar-refractivity contribution >= 4 is 23.3 Å². The first kappa shape index (κ1) is 21.2. The van der Waals surface area contributed by atoms with Crippen molar-refractivity contribution < 1.29 is 4.74 Å². The zero-order valence-electron chi connectivity index (χ0n) is 18.9. The Morgan fingerprint density at radius 1 is 0.844 bits per heavy atom. The Balaban J connectivity index is 1.62. The molecule has 0 unspecified atom stereocenters. The number of aryl methyl sites for hydroxylation is 3. The first-order valence-electron chi connectivity index (χ1n) is 10.1. The number of hydrogen-bond donors (Lipinski definition) is 2. The molecule has 4 aromatic heterocycles. The third-order valence-electron chi connectivity index (χ3n) is 5.15. The second-order valence-corrected chi connectivity index (χ2v) is 7.43. The molecule has 0 radical (unpaired) electrons. The van der Waals surface area contributed by atoms with Gasteiger partial charge in [-0.1, -0.05) is 0 Å². The third-order valence-corrected chi connectivity index (χ3v) is 5.15. The van der Waals surface area contributed by atoms with E-state index in [1.807, 2.05) is 57.9 Å². The molecule has 0 saturated carbocycles. The fraction of sp³-hybridized carbons (Fsp3) is 0.273. The summed E-state index contributed by atoms with van der Waals surface area (Å²) in [7, 11) is 3.54. The number of rotatable bonds is 6. The minimum Gasteiger partial charge on any atom is -0.493 e. The number of methoxy groups -OCH3 is 1. The van der Waals surface area contributed by atoms with Crippen LogP contribution in [-0.4, -0.2) is 41.8 Å². The van der Waals surface area contributed by atoms with Crippen LogP contribution in [0.4, 0.5) is 23.3 Å². The molecule has 0 spiro atoms. The highest BCUT2D eigenvalue weighted by atomic mass is 16.5. The van der Waals surface area contributed by atoms with Crippen LogP contribution in [0.25, 0.3) is 11.1 Å². The van der Waals surface area contributed by atoms with Gasteiger partial charge in [0.2, 0.25) is 0 Å². The van der Waals surface area contributed by atoms with Crippen LogP contribution < -0.4 is 15.4 Å². The van der Waals surface area contributed by atoms with E-state index < -0.39 is 0 Å². The van der Waals surface area contributed by atoms with E-state index in [0.717, 1.165) is 28.1 Å². The molecule has 0 amide bonds. The normalized spacial score (nSPS) is 10.8. The summed E-state index contributed by atoms with van der Waals surface area (Å²) in [5.41, 5.74) is 4.88. The van der Waals surface area contributed by atoms with Gasteiger partial charge in [-0.15, -0.1) is 0 Å². The lowest BCUT2D eigenvalue weighted by Crippen LogP contribution is -2.04. The van der Waals surface area contributed by atoms with Crippen LogP contribution in [0.2, 0.25) is 0 Å². The standard InChI is InChI=1S/C22H25N9O/c1-12-7-20(28-15(4)27-12)29-18-8-19(25-11-24-18)30-22-21(32-6)13(2)16(9-23-22)17-10-26-31(5)14(17)3/h7-11H,1-6H3,(H2,23,24,25,27,28,29,30). The summed E-state index contributed by atoms with van der Waals surface area (Å²) in [4.78, 5) is 21.9. The highest BCUT2D eigenvalue weighted by Gasteiger charge is 2.17. The molecule has 4 aromatic rings. The van der Waals surface area contributed by atoms with Gasteiger partial charge in [0.25, 0.3) is 0 Å². The number of nitrogens with one attached hydrogen (secondary N) is 2. The van der Waals surface area contributed by atoms with Crippen LogP contribution in [0, 0.1) is 27.7 Å². The highest BCUT2D eigenvalue weighted by Crippen LogP contribution is 2.36. The minimum atomic E-state index is 0.564. The van der Waals surface area contributed by atoms with Crippen molar-refractivity contribution in [2.45, 2.75) is 27.7 Å². The largest absolute Gasteiger partial charge is 0.493 e. The summed E-state index contributed by atoms with van der Waals surface area (Å²) >= 11 is 0. The van der Waals surface area contributed by atoms with Crippen molar-refractivity contribution in [2.24, 2.45) is 7.05 Å². The molecular formula is C22H25N9O. The maximum absolute atomic E-state index is 5.68. The number of aromatic nitrogens is 7. The molecule has 164 valence electrons. The smallest absolute Gasteiger partial charge is 0.174 e. The van der Waals surface area contributed by atoms with Gasteiger partial charge in [0, 0.05) is 53.5 Å². The predicted octanol–water partition coefficient (Wildman–Crippen LogP) is 3.79. The number of ether oxygens (including phenoxy) is 1. The van der Waals surface area contributed by atoms with Crippen LogP contribution in [0.1, 0.15) is 22.8 Å². The van der Waals surface area contributed by atoms with Gasteiger partial charge in [0.05, 0.1) is 13.3 Å². The predicted molar refractivity (Wildman–Crippen MR) is 123 cm³/mol. The lowest BCUT2D eigenvalue weighted by atomic mass is 10.0. The van der Waals surface area contributed by atoms with Crippen molar-refractivity contribution in [2.75, 3.05) is 17.7 Å². The molecule has 32 heavy (non-hydrogen) atoms. The van der Waals surface area contributed by atoms with Crippen molar-refractivity contribution in [3.05, 3.63) is 53.6 Å². The Labute approximate surface area is 186 Å². The van der Waals surface area contributed by atoms with Crippen molar-refractivity contribution in [1.29, 1.82) is 0 Å². The lowest BCUT2D eigenvalue weighted by molar-refractivity contribution is 0.412. The first-order chi connectivity index (χ1) is 15.4. The topological polar surface area (TPSA) is 116 Å². The molecule has 10 heteroatoms. The summed E-state index contributed by atoms with van der Waals surface area (Å²) in [6.07, 6.45) is 5.13. The van der Waals surface area contributed by atoms with E-state index in [2.05, 4.69) is 40.7 Å². The number of nitrogens with zero attached hydrogens (tertiary/aromatic N) is 7. The zero-order valence-corrected chi connectivity index (χ0v) is 18.9. The Hall–Kier alpha value is -4.08. The van der Waals surface area contributed by atoms with Gasteiger partial charge in [-0.3, -0.25) is 4.68 Å². The molecule has 0 fully saturated rings. The van der Waals surface area contributed by atoms with Crippen LogP contribution >= 0.6 is 0 Å². The lowest BCUT2D eigenvalue weighted by Gasteiger charge is -2.15. The second-order valence-electron chi connectivity index (χ2n) is 7.43. The highest BCUT2D eigenvalue weighted by molar-refractivity contribution is 5.75. The van der Waals surface area contributed by atoms with E-state index in [1.165, 1.54) is 6.33 Å². The quantitative estimate of drug-likeness (QED) is 0.470. The Bertz CT molecular complexity index is 1260. The van der Waals surface area contributed by atoms with Gasteiger partial charge >= 0.3 is 0 Å². The van der Waals surface area contributed by atoms with E-state index in [1.54, 1.807) is 13.2 Å². The molecule has 0 aliphatic rings. The molecule has 0 aliphatic carbocycles. The summed E-state index contributed by atoms with van der Waals surface area (Å²) < 4.78 is 7.52. The van der Waals surface area contributed by atoms with Crippen molar-refractivity contribution in [3.8, 4) is 16.9 Å². The Morgan fingerprint density at radius 2 is 1.59 bits per heavy atom. The molecule has 4 heterocycles. The average Bonchev–Trinajstić information content (AvgIpc) is 3.06. The minimum absolute atomic E-state index is 0.564. The van der Waals surface area contributed by atoms with E-state index in [-0.39, 0.29) is 0 Å². The van der Waals surface area contributed by atoms with Gasteiger partial charge in [0.1, 0.15) is 29.6 Å². The SMILES string of the molecule is COc1c(Nc2cc(Nc3cc(C)nc(C)n3)ncn2)ncc(-c2cnn(C)c2C)c1C. The van der Waals surface area contributed by atoms with Crippen LogP contribution in [0.15, 0.2) is 30.9 Å². The summed E-state index contributed by atoms with van der Waals surface area (Å²) in [6.45, 7) is 7.79. The van der Waals surface area contributed by atoms with Gasteiger partial charge in [0.15, 0.2) is 11.6 Å². The number of pyridine rings is 1. The summed E-state index contributed by atoms with van der Waals surface area (Å²) in [5, 5.41) is 10.8. The molecular weight excluding hydrogens is 406 g/mol.